The average Bonchev–Trinajstić information content (AvgIpc) is 3.28. The maximum Gasteiger partial charge on any atom is 0.259 e. The van der Waals surface area contributed by atoms with E-state index in [9.17, 15) is 14.4 Å². The first kappa shape index (κ1) is 28.3. The Kier molecular flexibility index (Phi) is 9.72. The zero-order valence-electron chi connectivity index (χ0n) is 22.3. The van der Waals surface area contributed by atoms with Gasteiger partial charge < -0.3 is 20.1 Å². The van der Waals surface area contributed by atoms with Gasteiger partial charge in [0, 0.05) is 32.4 Å². The molecule has 2 aliphatic rings. The second kappa shape index (κ2) is 13.4. The van der Waals surface area contributed by atoms with Crippen molar-refractivity contribution in [2.75, 3.05) is 27.4 Å². The molecule has 0 unspecified atom stereocenters. The lowest BCUT2D eigenvalue weighted by atomic mass is 10.1. The molecule has 2 N–H and O–H groups in total. The van der Waals surface area contributed by atoms with Crippen molar-refractivity contribution in [3.8, 4) is 5.75 Å². The van der Waals surface area contributed by atoms with Crippen molar-refractivity contribution in [2.24, 2.45) is 9.98 Å². The fourth-order valence-electron chi connectivity index (χ4n) is 4.20. The first-order valence-corrected chi connectivity index (χ1v) is 13.8. The quantitative estimate of drug-likeness (QED) is 0.391. The van der Waals surface area contributed by atoms with Crippen LogP contribution in [0.5, 0.6) is 5.75 Å². The number of amidine groups is 2. The molecule has 39 heavy (non-hydrogen) atoms. The summed E-state index contributed by atoms with van der Waals surface area (Å²) in [6, 6.07) is 13.9. The predicted molar refractivity (Wildman–Crippen MR) is 151 cm³/mol. The van der Waals surface area contributed by atoms with Gasteiger partial charge in [-0.15, -0.1) is 0 Å². The molecule has 206 valence electrons. The summed E-state index contributed by atoms with van der Waals surface area (Å²) in [6.45, 7) is 3.31. The number of methoxy groups -OCH3 is 2. The number of fused-ring (bicyclic) bond motifs is 3. The monoisotopic (exact) mass is 551 g/mol. The Hall–Kier alpha value is -3.70. The van der Waals surface area contributed by atoms with Crippen molar-refractivity contribution < 1.29 is 23.9 Å². The molecule has 4 rings (SSSR count). The highest BCUT2D eigenvalue weighted by Crippen LogP contribution is 2.35. The highest BCUT2D eigenvalue weighted by molar-refractivity contribution is 8.15. The molecule has 0 aromatic heterocycles. The maximum absolute atomic E-state index is 13.5. The molecule has 0 fully saturated rings. The van der Waals surface area contributed by atoms with Crippen molar-refractivity contribution >= 4 is 46.2 Å². The number of benzene rings is 2. The number of ether oxygens (including phenoxy) is 2. The van der Waals surface area contributed by atoms with E-state index < -0.39 is 11.3 Å². The van der Waals surface area contributed by atoms with E-state index in [1.807, 2.05) is 55.5 Å². The summed E-state index contributed by atoms with van der Waals surface area (Å²) in [6.07, 6.45) is 1.17. The molecule has 0 radical (unpaired) electrons. The lowest BCUT2D eigenvalue weighted by molar-refractivity contribution is -0.128. The summed E-state index contributed by atoms with van der Waals surface area (Å²) in [7, 11) is 3.22. The van der Waals surface area contributed by atoms with E-state index in [1.54, 1.807) is 14.2 Å². The van der Waals surface area contributed by atoms with Crippen molar-refractivity contribution in [2.45, 2.75) is 44.0 Å². The van der Waals surface area contributed by atoms with Gasteiger partial charge in [0.25, 0.3) is 5.91 Å². The molecule has 2 atom stereocenters. The van der Waals surface area contributed by atoms with Crippen LogP contribution in [-0.2, 0) is 25.7 Å². The largest absolute Gasteiger partial charge is 0.497 e. The van der Waals surface area contributed by atoms with E-state index in [-0.39, 0.29) is 24.1 Å². The van der Waals surface area contributed by atoms with E-state index in [1.165, 1.54) is 16.7 Å². The predicted octanol–water partition coefficient (Wildman–Crippen LogP) is 3.02. The van der Waals surface area contributed by atoms with Gasteiger partial charge in [0.1, 0.15) is 17.6 Å². The molecule has 11 heteroatoms. The smallest absolute Gasteiger partial charge is 0.259 e. The molecule has 0 saturated heterocycles. The van der Waals surface area contributed by atoms with Crippen LogP contribution in [0.3, 0.4) is 0 Å². The van der Waals surface area contributed by atoms with Crippen LogP contribution < -0.4 is 15.4 Å². The number of thioether (sulfide) groups is 1. The molecule has 0 spiro atoms. The zero-order valence-corrected chi connectivity index (χ0v) is 23.1. The number of carbonyl (C=O) groups is 3. The van der Waals surface area contributed by atoms with Gasteiger partial charge in [0.05, 0.1) is 24.5 Å². The van der Waals surface area contributed by atoms with Gasteiger partial charge >= 0.3 is 0 Å². The van der Waals surface area contributed by atoms with Gasteiger partial charge in [0.2, 0.25) is 11.8 Å². The second-order valence-corrected chi connectivity index (χ2v) is 10.2. The molecular formula is C28H33N5O5S. The van der Waals surface area contributed by atoms with Gasteiger partial charge in [-0.2, -0.15) is 0 Å². The number of para-hydroxylation sites is 1. The van der Waals surface area contributed by atoms with Crippen LogP contribution in [0, 0.1) is 0 Å². The molecule has 0 aliphatic carbocycles. The molecule has 3 amide bonds. The van der Waals surface area contributed by atoms with Gasteiger partial charge in [-0.3, -0.25) is 19.4 Å². The third kappa shape index (κ3) is 6.85. The van der Waals surface area contributed by atoms with E-state index in [0.717, 1.165) is 11.3 Å². The molecule has 2 heterocycles. The maximum atomic E-state index is 13.5. The van der Waals surface area contributed by atoms with Crippen LogP contribution in [0.2, 0.25) is 0 Å². The number of aliphatic imine (C=N–C) groups is 2. The topological polar surface area (TPSA) is 122 Å². The number of rotatable bonds is 12. The first-order valence-electron chi connectivity index (χ1n) is 12.9. The Balaban J connectivity index is 1.46. The Morgan fingerprint density at radius 3 is 2.59 bits per heavy atom. The summed E-state index contributed by atoms with van der Waals surface area (Å²) < 4.78 is 10.2. The van der Waals surface area contributed by atoms with Gasteiger partial charge in [-0.05, 0) is 42.7 Å². The van der Waals surface area contributed by atoms with Crippen LogP contribution >= 0.6 is 11.8 Å². The lowest BCUT2D eigenvalue weighted by Crippen LogP contribution is -2.44. The number of hydrogen-bond acceptors (Lipinski definition) is 8. The van der Waals surface area contributed by atoms with Gasteiger partial charge in [-0.25, -0.2) is 9.89 Å². The van der Waals surface area contributed by atoms with E-state index in [4.69, 9.17) is 14.5 Å². The summed E-state index contributed by atoms with van der Waals surface area (Å²) in [5.74, 6) is 0.449. The Morgan fingerprint density at radius 2 is 1.87 bits per heavy atom. The number of hydrogen-bond donors (Lipinski definition) is 2. The third-order valence-electron chi connectivity index (χ3n) is 6.31. The van der Waals surface area contributed by atoms with Crippen molar-refractivity contribution in [1.29, 1.82) is 0 Å². The lowest BCUT2D eigenvalue weighted by Gasteiger charge is -2.27. The number of nitrogens with zero attached hydrogens (tertiary/aromatic N) is 3. The molecular weight excluding hydrogens is 518 g/mol. The Bertz CT molecular complexity index is 1260. The van der Waals surface area contributed by atoms with Gasteiger partial charge in [-0.1, -0.05) is 43.0 Å². The molecule has 0 saturated carbocycles. The minimum atomic E-state index is -0.879. The second-order valence-electron chi connectivity index (χ2n) is 9.03. The fraction of sp³-hybridized carbons (Fsp3) is 0.393. The number of nitrogens with one attached hydrogen (secondary N) is 2. The fourth-order valence-corrected chi connectivity index (χ4v) is 5.24. The highest BCUT2D eigenvalue weighted by Gasteiger charge is 2.43. The SMILES string of the molecule is CC[C@@H](SC1=Nc2ccccc2C2=N[C@@H](CC(=O)NCc3ccc(OC)cc3)C(=O)N12)C(=O)NCCCOC. The first-order chi connectivity index (χ1) is 18.9. The van der Waals surface area contributed by atoms with Gasteiger partial charge in [0.15, 0.2) is 5.17 Å². The molecule has 0 bridgehead atoms. The van der Waals surface area contributed by atoms with E-state index >= 15 is 0 Å². The Labute approximate surface area is 232 Å². The van der Waals surface area contributed by atoms with E-state index in [0.29, 0.717) is 54.8 Å². The van der Waals surface area contributed by atoms with Crippen LogP contribution in [0.4, 0.5) is 5.69 Å². The molecule has 2 aromatic rings. The average molecular weight is 552 g/mol. The molecule has 2 aliphatic heterocycles. The van der Waals surface area contributed by atoms with Crippen LogP contribution in [0.25, 0.3) is 0 Å². The van der Waals surface area contributed by atoms with Crippen LogP contribution in [0.1, 0.15) is 37.3 Å². The summed E-state index contributed by atoms with van der Waals surface area (Å²) >= 11 is 1.23. The standard InChI is InChI=1S/C28H33N5O5S/c1-4-23(26(35)29-14-7-15-37-2)39-28-32-21-9-6-5-8-20(21)25-31-22(27(36)33(25)28)16-24(34)30-17-18-10-12-19(38-3)13-11-18/h5-6,8-13,22-23H,4,7,14-17H2,1-3H3,(H,29,35)(H,30,34)/t22-,23+/m0/s1. The molecule has 2 aromatic carbocycles. The van der Waals surface area contributed by atoms with Crippen LogP contribution in [-0.4, -0.2) is 72.3 Å². The van der Waals surface area contributed by atoms with Crippen molar-refractivity contribution in [1.82, 2.24) is 15.5 Å². The zero-order chi connectivity index (χ0) is 27.8. The molecule has 10 nitrogen and oxygen atoms in total. The van der Waals surface area contributed by atoms with Crippen LogP contribution in [0.15, 0.2) is 58.5 Å². The normalized spacial score (nSPS) is 16.5. The summed E-state index contributed by atoms with van der Waals surface area (Å²) in [5, 5.41) is 5.73. The van der Waals surface area contributed by atoms with Crippen molar-refractivity contribution in [3.63, 3.8) is 0 Å². The number of carbonyl (C=O) groups excluding carboxylic acids is 3. The van der Waals surface area contributed by atoms with E-state index in [2.05, 4.69) is 15.6 Å². The highest BCUT2D eigenvalue weighted by atomic mass is 32.2. The van der Waals surface area contributed by atoms with Crippen molar-refractivity contribution in [3.05, 3.63) is 59.7 Å². The minimum absolute atomic E-state index is 0.0910. The summed E-state index contributed by atoms with van der Waals surface area (Å²) in [4.78, 5) is 50.0. The third-order valence-corrected chi connectivity index (χ3v) is 7.63. The Morgan fingerprint density at radius 1 is 1.10 bits per heavy atom. The number of amides is 3. The summed E-state index contributed by atoms with van der Waals surface area (Å²) in [5.41, 5.74) is 2.30. The minimum Gasteiger partial charge on any atom is -0.497 e.